The first-order valence-electron chi connectivity index (χ1n) is 16.2. The zero-order chi connectivity index (χ0) is 30.7. The van der Waals surface area contributed by atoms with Gasteiger partial charge in [0.1, 0.15) is 5.82 Å². The average molecular weight is 598 g/mol. The lowest BCUT2D eigenvalue weighted by molar-refractivity contribution is -0.00243. The fourth-order valence-corrected chi connectivity index (χ4v) is 6.64. The number of aromatic amines is 1. The summed E-state index contributed by atoms with van der Waals surface area (Å²) < 4.78 is 12.9. The van der Waals surface area contributed by atoms with E-state index >= 15 is 0 Å². The fraction of sp³-hybridized carbons (Fsp3) is 0.514. The topological polar surface area (TPSA) is 127 Å². The van der Waals surface area contributed by atoms with Crippen LogP contribution in [0.2, 0.25) is 0 Å². The number of allylic oxidation sites excluding steroid dienone is 4. The molecule has 9 nitrogen and oxygen atoms in total. The molecule has 3 aliphatic carbocycles. The number of hydrogen-bond donors (Lipinski definition) is 2. The van der Waals surface area contributed by atoms with Crippen molar-refractivity contribution in [3.8, 4) is 11.4 Å². The molecule has 1 aromatic carbocycles. The Morgan fingerprint density at radius 1 is 1.11 bits per heavy atom. The van der Waals surface area contributed by atoms with Crippen LogP contribution in [-0.2, 0) is 24.0 Å². The zero-order valence-corrected chi connectivity index (χ0v) is 25.9. The van der Waals surface area contributed by atoms with Crippen molar-refractivity contribution in [2.45, 2.75) is 103 Å². The number of benzene rings is 1. The number of hydrogen-bond acceptors (Lipinski definition) is 7. The lowest BCUT2D eigenvalue weighted by atomic mass is 9.88. The van der Waals surface area contributed by atoms with E-state index in [1.54, 1.807) is 0 Å². The molecule has 2 fully saturated rings. The van der Waals surface area contributed by atoms with Crippen LogP contribution < -0.4 is 11.3 Å². The van der Waals surface area contributed by atoms with Gasteiger partial charge in [0.2, 0.25) is 0 Å². The van der Waals surface area contributed by atoms with E-state index < -0.39 is 5.76 Å². The summed E-state index contributed by atoms with van der Waals surface area (Å²) in [7, 11) is 0. The van der Waals surface area contributed by atoms with Crippen LogP contribution in [0.3, 0.4) is 0 Å². The molecular weight excluding hydrogens is 554 g/mol. The Kier molecular flexibility index (Phi) is 8.93. The van der Waals surface area contributed by atoms with Crippen LogP contribution in [0.25, 0.3) is 17.0 Å². The first kappa shape index (κ1) is 30.2. The lowest BCUT2D eigenvalue weighted by Crippen LogP contribution is -2.36. The van der Waals surface area contributed by atoms with Crippen molar-refractivity contribution in [2.75, 3.05) is 6.61 Å². The number of aryl methyl sites for hydroxylation is 1. The van der Waals surface area contributed by atoms with Gasteiger partial charge in [-0.15, -0.1) is 0 Å². The van der Waals surface area contributed by atoms with E-state index in [1.807, 2.05) is 28.8 Å². The molecule has 3 aromatic rings. The first-order chi connectivity index (χ1) is 21.4. The molecule has 0 spiro atoms. The second-order valence-corrected chi connectivity index (χ2v) is 13.0. The molecule has 232 valence electrons. The molecule has 0 amide bonds. The van der Waals surface area contributed by atoms with Crippen molar-refractivity contribution in [3.05, 3.63) is 85.5 Å². The van der Waals surface area contributed by atoms with Gasteiger partial charge in [-0.1, -0.05) is 67.4 Å². The Morgan fingerprint density at radius 2 is 1.89 bits per heavy atom. The third kappa shape index (κ3) is 6.62. The molecule has 3 aliphatic rings. The maximum atomic E-state index is 14.3. The minimum absolute atomic E-state index is 0.0613. The smallest absolute Gasteiger partial charge is 0.378 e. The third-order valence-corrected chi connectivity index (χ3v) is 9.53. The van der Waals surface area contributed by atoms with Crippen LogP contribution in [0.1, 0.15) is 100 Å². The highest BCUT2D eigenvalue weighted by Gasteiger charge is 2.38. The van der Waals surface area contributed by atoms with Crippen molar-refractivity contribution >= 4 is 11.8 Å². The number of nitrogens with one attached hydrogen (secondary N) is 2. The van der Waals surface area contributed by atoms with Gasteiger partial charge in [-0.2, -0.15) is 0 Å². The standard InChI is InChI=1S/C35H43N5O4/c1-3-6-30-29(21-23-9-11-24(12-10-23)27-7-4-5-8-28(27)32-38-34(42)44-39-32)33(41)40(31(37-30)17-20-36)25-13-15-26(16-14-25)43-22-35(2)18-19-35/h4-5,7-9,11,20,25-26,36H,3,6,10,12-19,21-22H2,1-2H3,(H,38,39,42). The molecule has 2 N–H and O–H groups in total. The summed E-state index contributed by atoms with van der Waals surface area (Å²) in [5, 5.41) is 11.7. The summed E-state index contributed by atoms with van der Waals surface area (Å²) in [4.78, 5) is 33.6. The van der Waals surface area contributed by atoms with Gasteiger partial charge in [0, 0.05) is 36.2 Å². The highest BCUT2D eigenvalue weighted by molar-refractivity contribution is 5.80. The Morgan fingerprint density at radius 3 is 2.52 bits per heavy atom. The first-order valence-corrected chi connectivity index (χ1v) is 16.2. The van der Waals surface area contributed by atoms with Gasteiger partial charge in [0.05, 0.1) is 18.4 Å². The minimum Gasteiger partial charge on any atom is -0.378 e. The SMILES string of the molecule is CCCc1nc(CC=N)n(C2CCC(OCC3(C)CC3)CC2)c(=O)c1CC1=CC=C(c2ccccc2-c2noc(=O)[nH]2)CC1. The van der Waals surface area contributed by atoms with Gasteiger partial charge < -0.3 is 10.1 Å². The second-order valence-electron chi connectivity index (χ2n) is 13.0. The van der Waals surface area contributed by atoms with Crippen molar-refractivity contribution in [2.24, 2.45) is 5.41 Å². The van der Waals surface area contributed by atoms with Crippen LogP contribution in [0.5, 0.6) is 0 Å². The van der Waals surface area contributed by atoms with E-state index in [-0.39, 0.29) is 17.7 Å². The van der Waals surface area contributed by atoms with Gasteiger partial charge in [0.15, 0.2) is 5.82 Å². The van der Waals surface area contributed by atoms with Crippen LogP contribution in [-0.4, -0.2) is 38.6 Å². The molecule has 0 radical (unpaired) electrons. The Labute approximate surface area is 257 Å². The summed E-state index contributed by atoms with van der Waals surface area (Å²) in [6, 6.07) is 7.94. The summed E-state index contributed by atoms with van der Waals surface area (Å²) >= 11 is 0. The van der Waals surface area contributed by atoms with Crippen LogP contribution >= 0.6 is 0 Å². The predicted octanol–water partition coefficient (Wildman–Crippen LogP) is 6.38. The molecule has 2 saturated carbocycles. The molecule has 2 heterocycles. The third-order valence-electron chi connectivity index (χ3n) is 9.53. The van der Waals surface area contributed by atoms with Crippen LogP contribution in [0.15, 0.2) is 56.1 Å². The number of ether oxygens (including phenoxy) is 1. The van der Waals surface area contributed by atoms with E-state index in [2.05, 4.69) is 36.1 Å². The largest absolute Gasteiger partial charge is 0.439 e. The highest BCUT2D eigenvalue weighted by Crippen LogP contribution is 2.45. The zero-order valence-electron chi connectivity index (χ0n) is 25.9. The predicted molar refractivity (Wildman–Crippen MR) is 171 cm³/mol. The molecular formula is C35H43N5O4. The Hall–Kier alpha value is -3.85. The van der Waals surface area contributed by atoms with Crippen molar-refractivity contribution in [3.63, 3.8) is 0 Å². The van der Waals surface area contributed by atoms with E-state index in [1.165, 1.54) is 24.6 Å². The van der Waals surface area contributed by atoms with E-state index in [0.29, 0.717) is 24.1 Å². The lowest BCUT2D eigenvalue weighted by Gasteiger charge is -2.32. The molecule has 0 aliphatic heterocycles. The van der Waals surface area contributed by atoms with Gasteiger partial charge in [0.25, 0.3) is 5.56 Å². The summed E-state index contributed by atoms with van der Waals surface area (Å²) in [6.07, 6.45) is 16.3. The maximum Gasteiger partial charge on any atom is 0.439 e. The van der Waals surface area contributed by atoms with Gasteiger partial charge in [-0.05, 0) is 74.3 Å². The second kappa shape index (κ2) is 13.0. The van der Waals surface area contributed by atoms with E-state index in [9.17, 15) is 9.59 Å². The number of H-pyrrole nitrogens is 1. The van der Waals surface area contributed by atoms with Crippen LogP contribution in [0, 0.1) is 10.8 Å². The molecule has 0 atom stereocenters. The number of nitrogens with zero attached hydrogens (tertiary/aromatic N) is 3. The van der Waals surface area contributed by atoms with Gasteiger partial charge in [-0.25, -0.2) is 9.78 Å². The van der Waals surface area contributed by atoms with Crippen molar-refractivity contribution < 1.29 is 9.26 Å². The van der Waals surface area contributed by atoms with Crippen molar-refractivity contribution in [1.29, 1.82) is 5.41 Å². The van der Waals surface area contributed by atoms with Crippen LogP contribution in [0.4, 0.5) is 0 Å². The normalized spacial score (nSPS) is 21.0. The molecule has 0 unspecified atom stereocenters. The summed E-state index contributed by atoms with van der Waals surface area (Å²) in [5.74, 6) is 0.557. The molecule has 44 heavy (non-hydrogen) atoms. The molecule has 0 saturated heterocycles. The number of rotatable bonds is 12. The van der Waals surface area contributed by atoms with Gasteiger partial charge >= 0.3 is 5.76 Å². The molecule has 6 rings (SSSR count). The van der Waals surface area contributed by atoms with E-state index in [0.717, 1.165) is 91.8 Å². The minimum atomic E-state index is -0.576. The van der Waals surface area contributed by atoms with Gasteiger partial charge in [-0.3, -0.25) is 18.9 Å². The number of aromatic nitrogens is 4. The summed E-state index contributed by atoms with van der Waals surface area (Å²) in [5.41, 5.74) is 6.28. The fourth-order valence-electron chi connectivity index (χ4n) is 6.64. The Balaban J connectivity index is 1.25. The Bertz CT molecular complexity index is 1680. The average Bonchev–Trinajstić information content (AvgIpc) is 3.62. The molecule has 9 heteroatoms. The molecule has 0 bridgehead atoms. The summed E-state index contributed by atoms with van der Waals surface area (Å²) in [6.45, 7) is 5.26. The van der Waals surface area contributed by atoms with Crippen molar-refractivity contribution in [1.82, 2.24) is 19.7 Å². The monoisotopic (exact) mass is 597 g/mol. The quantitative estimate of drug-likeness (QED) is 0.233. The van der Waals surface area contributed by atoms with E-state index in [4.69, 9.17) is 19.7 Å². The maximum absolute atomic E-state index is 14.3. The highest BCUT2D eigenvalue weighted by atomic mass is 16.5. The molecule has 2 aromatic heterocycles.